The van der Waals surface area contributed by atoms with Gasteiger partial charge in [-0.2, -0.15) is 4.98 Å². The van der Waals surface area contributed by atoms with Gasteiger partial charge in [0.05, 0.1) is 0 Å². The van der Waals surface area contributed by atoms with E-state index in [1.165, 1.54) is 0 Å². The molecule has 0 unspecified atom stereocenters. The monoisotopic (exact) mass is 371 g/mol. The lowest BCUT2D eigenvalue weighted by Crippen LogP contribution is -2.12. The molecule has 0 spiro atoms. The van der Waals surface area contributed by atoms with Crippen molar-refractivity contribution in [1.29, 1.82) is 0 Å². The first-order valence-corrected chi connectivity index (χ1v) is 7.93. The number of amides is 1. The predicted octanol–water partition coefficient (Wildman–Crippen LogP) is 4.07. The predicted molar refractivity (Wildman–Crippen MR) is 90.8 cm³/mol. The highest BCUT2D eigenvalue weighted by molar-refractivity contribution is 9.10. The number of rotatable bonds is 5. The Kier molecular flexibility index (Phi) is 4.83. The second-order valence-corrected chi connectivity index (χ2v) is 5.85. The molecule has 2 aromatic carbocycles. The molecule has 3 aromatic rings. The molecule has 1 amide bonds. The Balaban J connectivity index is 1.57. The first-order chi connectivity index (χ1) is 11.2. The molecular formula is C17H14BrN3O2. The van der Waals surface area contributed by atoms with Crippen LogP contribution in [0.2, 0.25) is 0 Å². The van der Waals surface area contributed by atoms with Crippen LogP contribution >= 0.6 is 15.9 Å². The lowest BCUT2D eigenvalue weighted by atomic mass is 10.2. The molecule has 23 heavy (non-hydrogen) atoms. The van der Waals surface area contributed by atoms with Crippen molar-refractivity contribution in [3.8, 4) is 11.4 Å². The van der Waals surface area contributed by atoms with Crippen LogP contribution in [0.5, 0.6) is 0 Å². The Bertz CT molecular complexity index is 785. The van der Waals surface area contributed by atoms with Crippen LogP contribution < -0.4 is 5.32 Å². The van der Waals surface area contributed by atoms with Crippen LogP contribution in [0.15, 0.2) is 63.6 Å². The van der Waals surface area contributed by atoms with E-state index in [1.54, 1.807) is 0 Å². The topological polar surface area (TPSA) is 68.0 Å². The van der Waals surface area contributed by atoms with Crippen molar-refractivity contribution < 1.29 is 9.32 Å². The maximum atomic E-state index is 11.9. The van der Waals surface area contributed by atoms with Crippen molar-refractivity contribution in [3.63, 3.8) is 0 Å². The van der Waals surface area contributed by atoms with Gasteiger partial charge in [-0.1, -0.05) is 39.3 Å². The summed E-state index contributed by atoms with van der Waals surface area (Å²) in [6.45, 7) is 0. The molecular weight excluding hydrogens is 358 g/mol. The fourth-order valence-electron chi connectivity index (χ4n) is 2.04. The summed E-state index contributed by atoms with van der Waals surface area (Å²) in [5, 5.41) is 6.77. The molecule has 0 bridgehead atoms. The average molecular weight is 372 g/mol. The maximum absolute atomic E-state index is 11.9. The van der Waals surface area contributed by atoms with Crippen LogP contribution in [0.3, 0.4) is 0 Å². The number of anilines is 1. The molecule has 6 heteroatoms. The molecule has 0 saturated carbocycles. The summed E-state index contributed by atoms with van der Waals surface area (Å²) in [4.78, 5) is 16.2. The number of halogens is 1. The van der Waals surface area contributed by atoms with Gasteiger partial charge in [-0.3, -0.25) is 4.79 Å². The molecule has 1 N–H and O–H groups in total. The molecule has 1 heterocycles. The molecule has 0 radical (unpaired) electrons. The Hall–Kier alpha value is -2.47. The van der Waals surface area contributed by atoms with Crippen molar-refractivity contribution in [2.75, 3.05) is 5.32 Å². The van der Waals surface area contributed by atoms with Crippen LogP contribution in [0.4, 0.5) is 5.69 Å². The van der Waals surface area contributed by atoms with Crippen LogP contribution in [-0.4, -0.2) is 16.0 Å². The Morgan fingerprint density at radius 3 is 2.57 bits per heavy atom. The molecule has 0 aliphatic rings. The van der Waals surface area contributed by atoms with Gasteiger partial charge in [0.2, 0.25) is 17.6 Å². The number of hydrogen-bond acceptors (Lipinski definition) is 4. The summed E-state index contributed by atoms with van der Waals surface area (Å²) in [7, 11) is 0. The summed E-state index contributed by atoms with van der Waals surface area (Å²) in [6.07, 6.45) is 0.694. The molecule has 0 aliphatic carbocycles. The summed E-state index contributed by atoms with van der Waals surface area (Å²) in [5.41, 5.74) is 1.65. The third-order valence-electron chi connectivity index (χ3n) is 3.19. The molecule has 0 fully saturated rings. The van der Waals surface area contributed by atoms with Gasteiger partial charge in [0.15, 0.2) is 0 Å². The number of carbonyl (C=O) groups excluding carboxylic acids is 1. The quantitative estimate of drug-likeness (QED) is 0.733. The van der Waals surface area contributed by atoms with E-state index in [-0.39, 0.29) is 12.3 Å². The zero-order valence-electron chi connectivity index (χ0n) is 12.2. The van der Waals surface area contributed by atoms with Crippen molar-refractivity contribution in [2.24, 2.45) is 0 Å². The highest BCUT2D eigenvalue weighted by Gasteiger charge is 2.10. The third kappa shape index (κ3) is 4.26. The molecule has 0 atom stereocenters. The van der Waals surface area contributed by atoms with Crippen LogP contribution in [0, 0.1) is 0 Å². The smallest absolute Gasteiger partial charge is 0.227 e. The number of aromatic nitrogens is 2. The van der Waals surface area contributed by atoms with Gasteiger partial charge >= 0.3 is 0 Å². The number of nitrogens with zero attached hydrogens (tertiary/aromatic N) is 2. The molecule has 3 rings (SSSR count). The maximum Gasteiger partial charge on any atom is 0.227 e. The van der Waals surface area contributed by atoms with Gasteiger partial charge in [-0.15, -0.1) is 0 Å². The third-order valence-corrected chi connectivity index (χ3v) is 3.72. The second-order valence-electron chi connectivity index (χ2n) is 4.93. The van der Waals surface area contributed by atoms with E-state index in [2.05, 4.69) is 31.4 Å². The van der Waals surface area contributed by atoms with Gasteiger partial charge in [-0.05, 0) is 36.4 Å². The first kappa shape index (κ1) is 15.4. The standard InChI is InChI=1S/C17H14BrN3O2/c18-13-8-6-12(7-9-13)17-20-16(23-21-17)11-10-15(22)19-14-4-2-1-3-5-14/h1-9H,10-11H2,(H,19,22). The minimum absolute atomic E-state index is 0.0837. The van der Waals surface area contributed by atoms with E-state index < -0.39 is 0 Å². The van der Waals surface area contributed by atoms with Gasteiger partial charge < -0.3 is 9.84 Å². The van der Waals surface area contributed by atoms with Gasteiger partial charge in [0, 0.05) is 28.6 Å². The zero-order valence-corrected chi connectivity index (χ0v) is 13.8. The number of aryl methyl sites for hydroxylation is 1. The normalized spacial score (nSPS) is 10.5. The van der Waals surface area contributed by atoms with Crippen molar-refractivity contribution in [3.05, 3.63) is 65.0 Å². The van der Waals surface area contributed by atoms with E-state index in [1.807, 2.05) is 54.6 Å². The van der Waals surface area contributed by atoms with Gasteiger partial charge in [0.25, 0.3) is 0 Å². The number of nitrogens with one attached hydrogen (secondary N) is 1. The van der Waals surface area contributed by atoms with E-state index in [0.29, 0.717) is 18.1 Å². The molecule has 5 nitrogen and oxygen atoms in total. The summed E-state index contributed by atoms with van der Waals surface area (Å²) < 4.78 is 6.19. The van der Waals surface area contributed by atoms with Gasteiger partial charge in [0.1, 0.15) is 0 Å². The van der Waals surface area contributed by atoms with Crippen LogP contribution in [0.1, 0.15) is 12.3 Å². The van der Waals surface area contributed by atoms with E-state index in [9.17, 15) is 4.79 Å². The van der Waals surface area contributed by atoms with Crippen molar-refractivity contribution >= 4 is 27.5 Å². The lowest BCUT2D eigenvalue weighted by Gasteiger charge is -2.02. The van der Waals surface area contributed by atoms with E-state index >= 15 is 0 Å². The Morgan fingerprint density at radius 1 is 1.09 bits per heavy atom. The number of para-hydroxylation sites is 1. The first-order valence-electron chi connectivity index (χ1n) is 7.14. The van der Waals surface area contributed by atoms with Crippen molar-refractivity contribution in [2.45, 2.75) is 12.8 Å². The van der Waals surface area contributed by atoms with E-state index in [0.717, 1.165) is 15.7 Å². The van der Waals surface area contributed by atoms with Gasteiger partial charge in [-0.25, -0.2) is 0 Å². The summed E-state index contributed by atoms with van der Waals surface area (Å²) in [5.74, 6) is 0.890. The van der Waals surface area contributed by atoms with Crippen LogP contribution in [0.25, 0.3) is 11.4 Å². The molecule has 1 aromatic heterocycles. The fraction of sp³-hybridized carbons (Fsp3) is 0.118. The summed E-state index contributed by atoms with van der Waals surface area (Å²) in [6, 6.07) is 17.0. The number of hydrogen-bond donors (Lipinski definition) is 1. The zero-order chi connectivity index (χ0) is 16.1. The second kappa shape index (κ2) is 7.19. The SMILES string of the molecule is O=C(CCc1nc(-c2ccc(Br)cc2)no1)Nc1ccccc1. The molecule has 116 valence electrons. The molecule has 0 saturated heterocycles. The van der Waals surface area contributed by atoms with Crippen molar-refractivity contribution in [1.82, 2.24) is 10.1 Å². The Morgan fingerprint density at radius 2 is 1.83 bits per heavy atom. The van der Waals surface area contributed by atoms with Crippen LogP contribution in [-0.2, 0) is 11.2 Å². The largest absolute Gasteiger partial charge is 0.339 e. The summed E-state index contributed by atoms with van der Waals surface area (Å²) >= 11 is 3.38. The minimum Gasteiger partial charge on any atom is -0.339 e. The lowest BCUT2D eigenvalue weighted by molar-refractivity contribution is -0.116. The van der Waals surface area contributed by atoms with E-state index in [4.69, 9.17) is 4.52 Å². The minimum atomic E-state index is -0.0837. The fourth-order valence-corrected chi connectivity index (χ4v) is 2.30. The average Bonchev–Trinajstić information content (AvgIpc) is 3.04. The highest BCUT2D eigenvalue weighted by atomic mass is 79.9. The number of benzene rings is 2. The number of carbonyl (C=O) groups is 1. The molecule has 0 aliphatic heterocycles. The Labute approximate surface area is 141 Å². The highest BCUT2D eigenvalue weighted by Crippen LogP contribution is 2.19.